The molecule has 0 bridgehead atoms. The summed E-state index contributed by atoms with van der Waals surface area (Å²) in [5, 5.41) is 0. The maximum Gasteiger partial charge on any atom is 0.416 e. The quantitative estimate of drug-likeness (QED) is 0.325. The fourth-order valence-corrected chi connectivity index (χ4v) is 3.65. The van der Waals surface area contributed by atoms with Crippen molar-refractivity contribution in [3.05, 3.63) is 94.8 Å². The summed E-state index contributed by atoms with van der Waals surface area (Å²) in [6.45, 7) is 4.29. The first-order valence-electron chi connectivity index (χ1n) is 12.0. The third-order valence-corrected chi connectivity index (χ3v) is 5.73. The Kier molecular flexibility index (Phi) is 10.8. The molecule has 3 rings (SSSR count). The smallest absolute Gasteiger partial charge is 0.416 e. The average Bonchev–Trinajstić information content (AvgIpc) is 2.87. The normalized spacial score (nSPS) is 14.5. The van der Waals surface area contributed by atoms with Crippen LogP contribution < -0.4 is 0 Å². The number of benzene rings is 2. The van der Waals surface area contributed by atoms with Gasteiger partial charge in [0, 0.05) is 32.0 Å². The van der Waals surface area contributed by atoms with Crippen LogP contribution in [-0.2, 0) is 22.1 Å². The number of amides is 1. The maximum atomic E-state index is 12.9. The van der Waals surface area contributed by atoms with E-state index in [4.69, 9.17) is 4.74 Å². The van der Waals surface area contributed by atoms with Gasteiger partial charge in [0.15, 0.2) is 0 Å². The summed E-state index contributed by atoms with van der Waals surface area (Å²) < 4.78 is 82.9. The first-order chi connectivity index (χ1) is 17.4. The van der Waals surface area contributed by atoms with Crippen molar-refractivity contribution >= 4 is 5.91 Å². The van der Waals surface area contributed by atoms with Crippen molar-refractivity contribution in [1.82, 2.24) is 4.90 Å². The van der Waals surface area contributed by atoms with E-state index in [1.807, 2.05) is 44.2 Å². The molecular weight excluding hydrogens is 496 g/mol. The van der Waals surface area contributed by atoms with Crippen LogP contribution in [0.25, 0.3) is 0 Å². The number of allylic oxidation sites excluding steroid dienone is 4. The molecule has 2 aromatic carbocycles. The van der Waals surface area contributed by atoms with Crippen molar-refractivity contribution in [2.45, 2.75) is 58.0 Å². The van der Waals surface area contributed by atoms with Gasteiger partial charge in [-0.1, -0.05) is 62.4 Å². The predicted molar refractivity (Wildman–Crippen MR) is 130 cm³/mol. The summed E-state index contributed by atoms with van der Waals surface area (Å²) in [4.78, 5) is 14.1. The minimum Gasteiger partial charge on any atom is -0.490 e. The predicted octanol–water partition coefficient (Wildman–Crippen LogP) is 8.05. The van der Waals surface area contributed by atoms with Gasteiger partial charge in [0.2, 0.25) is 5.91 Å². The van der Waals surface area contributed by atoms with Crippen molar-refractivity contribution in [3.8, 4) is 0 Å². The summed E-state index contributed by atoms with van der Waals surface area (Å²) in [6.07, 6.45) is -6.64. The van der Waals surface area contributed by atoms with E-state index in [1.165, 1.54) is 23.1 Å². The highest BCUT2D eigenvalue weighted by atomic mass is 19.4. The Balaban J connectivity index is 0.00000235. The SMILES string of the molecule is CC.CN(CC[C@H](OC1=CC=C(C(F)(F)F)CC1)c1ccccc1)C(=O)Cc1ccc(C(F)(F)F)cc1. The van der Waals surface area contributed by atoms with E-state index in [2.05, 4.69) is 0 Å². The van der Waals surface area contributed by atoms with Gasteiger partial charge >= 0.3 is 12.4 Å². The standard InChI is InChI=1S/C26H25F6NO2.C2H6/c1-33(24(34)17-18-7-9-20(10-8-18)25(27,28)29)16-15-23(19-5-3-2-4-6-19)35-22-13-11-21(12-14-22)26(30,31)32;1-2/h2-11,13,23H,12,14-17H2,1H3;1-2H3/t23-;/m0./s1. The van der Waals surface area contributed by atoms with E-state index in [1.54, 1.807) is 7.05 Å². The van der Waals surface area contributed by atoms with Crippen LogP contribution in [-0.4, -0.2) is 30.6 Å². The Morgan fingerprint density at radius 2 is 1.51 bits per heavy atom. The molecule has 0 heterocycles. The van der Waals surface area contributed by atoms with Gasteiger partial charge in [-0.25, -0.2) is 0 Å². The monoisotopic (exact) mass is 527 g/mol. The van der Waals surface area contributed by atoms with Crippen LogP contribution in [0.15, 0.2) is 78.1 Å². The fourth-order valence-electron chi connectivity index (χ4n) is 3.65. The lowest BCUT2D eigenvalue weighted by Crippen LogP contribution is -2.30. The Morgan fingerprint density at radius 1 is 0.892 bits per heavy atom. The molecule has 9 heteroatoms. The highest BCUT2D eigenvalue weighted by Crippen LogP contribution is 2.35. The molecule has 202 valence electrons. The molecule has 0 N–H and O–H groups in total. The second kappa shape index (κ2) is 13.4. The Hall–Kier alpha value is -3.23. The Morgan fingerprint density at radius 3 is 2.03 bits per heavy atom. The lowest BCUT2D eigenvalue weighted by molar-refractivity contribution is -0.137. The number of hydrogen-bond acceptors (Lipinski definition) is 2. The average molecular weight is 528 g/mol. The van der Waals surface area contributed by atoms with Crippen LogP contribution >= 0.6 is 0 Å². The van der Waals surface area contributed by atoms with Crippen molar-refractivity contribution < 1.29 is 35.9 Å². The molecule has 1 amide bonds. The van der Waals surface area contributed by atoms with Crippen LogP contribution in [0.3, 0.4) is 0 Å². The van der Waals surface area contributed by atoms with Crippen molar-refractivity contribution in [1.29, 1.82) is 0 Å². The van der Waals surface area contributed by atoms with Crippen LogP contribution in [0.1, 0.15) is 55.9 Å². The number of alkyl halides is 6. The third-order valence-electron chi connectivity index (χ3n) is 5.73. The number of nitrogens with zero attached hydrogens (tertiary/aromatic N) is 1. The lowest BCUT2D eigenvalue weighted by atomic mass is 10.0. The van der Waals surface area contributed by atoms with Crippen LogP contribution in [0, 0.1) is 0 Å². The van der Waals surface area contributed by atoms with E-state index in [0.717, 1.165) is 23.8 Å². The van der Waals surface area contributed by atoms with Crippen molar-refractivity contribution in [2.24, 2.45) is 0 Å². The van der Waals surface area contributed by atoms with Gasteiger partial charge in [-0.15, -0.1) is 0 Å². The molecule has 0 spiro atoms. The summed E-state index contributed by atoms with van der Waals surface area (Å²) in [6, 6.07) is 13.6. The number of likely N-dealkylation sites (N-methyl/N-ethyl adjacent to an activating group) is 1. The summed E-state index contributed by atoms with van der Waals surface area (Å²) in [5.41, 5.74) is -0.0956. The van der Waals surface area contributed by atoms with Gasteiger partial charge in [-0.05, 0) is 35.8 Å². The number of halogens is 6. The molecule has 0 aliphatic heterocycles. The van der Waals surface area contributed by atoms with E-state index < -0.39 is 29.6 Å². The third kappa shape index (κ3) is 9.30. The second-order valence-electron chi connectivity index (χ2n) is 8.32. The molecule has 0 fully saturated rings. The minimum atomic E-state index is -4.44. The summed E-state index contributed by atoms with van der Waals surface area (Å²) in [5.74, 6) is 0.164. The molecule has 37 heavy (non-hydrogen) atoms. The van der Waals surface area contributed by atoms with E-state index in [-0.39, 0.29) is 31.7 Å². The molecule has 1 atom stereocenters. The second-order valence-corrected chi connectivity index (χ2v) is 8.32. The highest BCUT2D eigenvalue weighted by Gasteiger charge is 2.34. The van der Waals surface area contributed by atoms with E-state index in [9.17, 15) is 31.1 Å². The van der Waals surface area contributed by atoms with Gasteiger partial charge in [0.25, 0.3) is 0 Å². The largest absolute Gasteiger partial charge is 0.490 e. The molecular formula is C28H31F6NO2. The Labute approximate surface area is 213 Å². The molecule has 0 aromatic heterocycles. The zero-order valence-electron chi connectivity index (χ0n) is 21.0. The minimum absolute atomic E-state index is 0.0539. The number of rotatable bonds is 8. The maximum absolute atomic E-state index is 12.9. The molecule has 0 radical (unpaired) electrons. The molecule has 0 saturated heterocycles. The molecule has 3 nitrogen and oxygen atoms in total. The fraction of sp³-hybridized carbons (Fsp3) is 0.393. The first-order valence-corrected chi connectivity index (χ1v) is 12.0. The van der Waals surface area contributed by atoms with Gasteiger partial charge in [0.05, 0.1) is 17.7 Å². The zero-order chi connectivity index (χ0) is 27.6. The number of hydrogen-bond donors (Lipinski definition) is 0. The Bertz CT molecular complexity index is 1060. The molecule has 1 aliphatic rings. The molecule has 1 aliphatic carbocycles. The van der Waals surface area contributed by atoms with Crippen molar-refractivity contribution in [2.75, 3.05) is 13.6 Å². The van der Waals surface area contributed by atoms with Crippen LogP contribution in [0.5, 0.6) is 0 Å². The van der Waals surface area contributed by atoms with Crippen LogP contribution in [0.4, 0.5) is 26.3 Å². The van der Waals surface area contributed by atoms with Crippen molar-refractivity contribution in [3.63, 3.8) is 0 Å². The lowest BCUT2D eigenvalue weighted by Gasteiger charge is -2.26. The van der Waals surface area contributed by atoms with Gasteiger partial charge < -0.3 is 9.64 Å². The first kappa shape index (κ1) is 30.0. The summed E-state index contributed by atoms with van der Waals surface area (Å²) in [7, 11) is 1.59. The van der Waals surface area contributed by atoms with E-state index in [0.29, 0.717) is 17.7 Å². The van der Waals surface area contributed by atoms with Gasteiger partial charge in [-0.2, -0.15) is 26.3 Å². The molecule has 0 unspecified atom stereocenters. The molecule has 0 saturated carbocycles. The summed E-state index contributed by atoms with van der Waals surface area (Å²) >= 11 is 0. The number of carbonyl (C=O) groups is 1. The van der Waals surface area contributed by atoms with Gasteiger partial charge in [0.1, 0.15) is 6.10 Å². The number of ether oxygens (including phenoxy) is 1. The topological polar surface area (TPSA) is 29.5 Å². The zero-order valence-corrected chi connectivity index (χ0v) is 21.0. The van der Waals surface area contributed by atoms with Crippen LogP contribution in [0.2, 0.25) is 0 Å². The molecule has 2 aromatic rings. The van der Waals surface area contributed by atoms with Gasteiger partial charge in [-0.3, -0.25) is 4.79 Å². The number of carbonyl (C=O) groups excluding carboxylic acids is 1. The van der Waals surface area contributed by atoms with E-state index >= 15 is 0 Å². The highest BCUT2D eigenvalue weighted by molar-refractivity contribution is 5.78.